The Hall–Kier alpha value is -7.64. The first-order valence-corrected chi connectivity index (χ1v) is 26.8. The van der Waals surface area contributed by atoms with Gasteiger partial charge in [-0.15, -0.1) is 0 Å². The molecule has 2 aromatic heterocycles. The summed E-state index contributed by atoms with van der Waals surface area (Å²) in [4.78, 5) is 59.9. The molecule has 0 radical (unpaired) electrons. The number of dihydropyridines is 1. The summed E-state index contributed by atoms with van der Waals surface area (Å²) in [5, 5.41) is 167. The van der Waals surface area contributed by atoms with E-state index in [4.69, 9.17) is 23.4 Å². The van der Waals surface area contributed by atoms with E-state index in [2.05, 4.69) is 33.4 Å². The van der Waals surface area contributed by atoms with Crippen LogP contribution in [-0.4, -0.2) is 185 Å². The Morgan fingerprint density at radius 2 is 1.68 bits per heavy atom. The number of nitrogens with one attached hydrogen (secondary N) is 3. The molecule has 84 heavy (non-hydrogen) atoms. The zero-order chi connectivity index (χ0) is 60.2. The number of aromatic hydroxyl groups is 3. The summed E-state index contributed by atoms with van der Waals surface area (Å²) in [6.07, 6.45) is -9.64. The van der Waals surface area contributed by atoms with Crippen LogP contribution in [0.3, 0.4) is 0 Å². The van der Waals surface area contributed by atoms with Gasteiger partial charge in [-0.05, 0) is 66.5 Å². The van der Waals surface area contributed by atoms with Crippen LogP contribution in [0, 0.1) is 35.5 Å². The van der Waals surface area contributed by atoms with Crippen LogP contribution in [0.1, 0.15) is 67.3 Å². The number of aliphatic carboxylic acids is 1. The number of hydrogen-bond acceptors (Lipinski definition) is 24. The predicted octanol–water partition coefficient (Wildman–Crippen LogP) is -2.02. The number of aromatic amines is 1. The van der Waals surface area contributed by atoms with Gasteiger partial charge < -0.3 is 105 Å². The Morgan fingerprint density at radius 1 is 0.905 bits per heavy atom. The second-order valence-electron chi connectivity index (χ2n) is 22.2. The number of phenols is 3. The van der Waals surface area contributed by atoms with Crippen LogP contribution < -0.4 is 20.8 Å². The van der Waals surface area contributed by atoms with E-state index < -0.39 is 179 Å². The van der Waals surface area contributed by atoms with Gasteiger partial charge in [0.15, 0.2) is 34.9 Å². The second-order valence-corrected chi connectivity index (χ2v) is 22.2. The molecule has 1 aliphatic carbocycles. The Labute approximate surface area is 475 Å². The molecule has 2 spiro atoms. The fourth-order valence-electron chi connectivity index (χ4n) is 12.6. The number of phenolic OH excluding ortho intramolecular Hbond substituents is 3. The summed E-state index contributed by atoms with van der Waals surface area (Å²) in [5.41, 5.74) is -10.5. The number of allylic oxidation sites excluding steroid dienone is 3. The van der Waals surface area contributed by atoms with Crippen LogP contribution in [0.15, 0.2) is 80.8 Å². The smallest absolute Gasteiger partial charge is 0.354 e. The lowest BCUT2D eigenvalue weighted by atomic mass is 9.67. The largest absolute Gasteiger partial charge is 0.507 e. The summed E-state index contributed by atoms with van der Waals surface area (Å²) >= 11 is 0. The van der Waals surface area contributed by atoms with Gasteiger partial charge in [0.1, 0.15) is 52.6 Å². The van der Waals surface area contributed by atoms with Gasteiger partial charge in [0.05, 0.1) is 12.6 Å². The van der Waals surface area contributed by atoms with Gasteiger partial charge >= 0.3 is 11.9 Å². The number of carbonyl (C=O) groups excluding carboxylic acids is 2. The molecule has 444 valence electrons. The minimum atomic E-state index is -4.11. The van der Waals surface area contributed by atoms with E-state index in [9.17, 15) is 85.9 Å². The minimum absolute atomic E-state index is 0.0134. The van der Waals surface area contributed by atoms with Crippen molar-refractivity contribution in [2.45, 2.75) is 123 Å². The quantitative estimate of drug-likeness (QED) is 0.0253. The van der Waals surface area contributed by atoms with Gasteiger partial charge in [0.2, 0.25) is 17.2 Å². The number of ketones is 1. The number of rotatable bonds is 11. The second kappa shape index (κ2) is 20.9. The number of ether oxygens (including phenoxy) is 4. The number of H-pyrrole nitrogens is 1. The molecule has 8 aliphatic rings. The van der Waals surface area contributed by atoms with Gasteiger partial charge in [-0.25, -0.2) is 9.59 Å². The van der Waals surface area contributed by atoms with Gasteiger partial charge in [0.25, 0.3) is 11.4 Å². The Bertz CT molecular complexity index is 3710. The number of aromatic nitrogens is 1. The van der Waals surface area contributed by atoms with Gasteiger partial charge in [-0.1, -0.05) is 36.8 Å². The zero-order valence-electron chi connectivity index (χ0n) is 44.5. The molecule has 3 fully saturated rings. The van der Waals surface area contributed by atoms with Crippen LogP contribution in [-0.2, 0) is 41.4 Å². The molecule has 26 heteroatoms. The molecule has 4 bridgehead atoms. The zero-order valence-corrected chi connectivity index (χ0v) is 44.5. The predicted molar refractivity (Wildman–Crippen MR) is 283 cm³/mol. The van der Waals surface area contributed by atoms with E-state index in [1.165, 1.54) is 18.3 Å². The molecule has 0 saturated carbocycles. The highest BCUT2D eigenvalue weighted by molar-refractivity contribution is 5.90. The molecule has 12 rings (SSSR count). The van der Waals surface area contributed by atoms with E-state index in [0.29, 0.717) is 18.5 Å². The highest BCUT2D eigenvalue weighted by atomic mass is 16.8. The molecule has 17 N–H and O–H groups in total. The molecular formula is C58H59N3O23. The number of carbonyl (C=O) groups is 3. The summed E-state index contributed by atoms with van der Waals surface area (Å²) < 4.78 is 32.1. The minimum Gasteiger partial charge on any atom is -0.507 e. The van der Waals surface area contributed by atoms with Crippen molar-refractivity contribution < 1.29 is 109 Å². The summed E-state index contributed by atoms with van der Waals surface area (Å²) in [6.45, 7) is 0.0324. The van der Waals surface area contributed by atoms with Crippen molar-refractivity contribution in [3.05, 3.63) is 104 Å². The number of carboxylic acid groups (broad SMARTS) is 1. The maximum atomic E-state index is 16.1. The van der Waals surface area contributed by atoms with Crippen molar-refractivity contribution in [1.82, 2.24) is 15.6 Å². The number of carboxylic acids is 1. The van der Waals surface area contributed by atoms with Gasteiger partial charge in [-0.2, -0.15) is 0 Å². The van der Waals surface area contributed by atoms with Crippen molar-refractivity contribution >= 4 is 28.7 Å². The molecule has 1 unspecified atom stereocenters. The topological polar surface area (TPSA) is 441 Å². The standard InChI is InChI=1S/C58H59N3O23/c1-26-5-11-60-50-34(26)16-31(23-61-50)35-18-32-19-36-28(6-12-59-36)4-2-8-53(77)46(70)48(72)57(32,81-41-21-40-43(45(69)42(35)41)37(66)20-39(80-40)30-15-29(7-13-62)44(68)38(67)17-30)84-55(53)10-3-9-54(51(74)75)58(78,79)49(73)47(71)56(83-54,82-52(55)76)22-27(24-63)14-33(65)25-64/h6,12,15-18,20-21,23,26-27,35,46-50,59-64,67-73,77-79H,5,7-8,10-11,13-14,19,22,24-25H2,1H3,(H,74,75)/t26-,27-,35-,46-,47-,48-,49-,50?,53+,54-,55-,56+,57+/m1/s1. The van der Waals surface area contributed by atoms with Gasteiger partial charge in [0, 0.05) is 103 Å². The summed E-state index contributed by atoms with van der Waals surface area (Å²) in [6, 6.07) is 6.08. The third-order valence-corrected chi connectivity index (χ3v) is 17.2. The first kappa shape index (κ1) is 58.1. The average Bonchev–Trinajstić information content (AvgIpc) is 1.25. The van der Waals surface area contributed by atoms with Crippen LogP contribution in [0.25, 0.3) is 22.3 Å². The molecule has 3 saturated heterocycles. The number of hydrogen-bond donors (Lipinski definition) is 17. The maximum absolute atomic E-state index is 16.1. The lowest BCUT2D eigenvalue weighted by molar-refractivity contribution is -0.434. The first-order chi connectivity index (χ1) is 39.8. The molecule has 7 aliphatic heterocycles. The number of aliphatic hydroxyl groups is 10. The number of Topliss-reactive ketones (excluding diaryl/α,β-unsaturated/α-hetero) is 1. The molecular weight excluding hydrogens is 1110 g/mol. The fraction of sp³-hybridized carbons (Fsp3) is 0.448. The lowest BCUT2D eigenvalue weighted by Gasteiger charge is -2.58. The molecule has 13 atom stereocenters. The van der Waals surface area contributed by atoms with Crippen LogP contribution in [0.4, 0.5) is 0 Å². The number of aliphatic hydroxyl groups excluding tert-OH is 7. The molecule has 26 nitrogen and oxygen atoms in total. The van der Waals surface area contributed by atoms with E-state index in [0.717, 1.165) is 23.8 Å². The number of piperidine rings is 1. The van der Waals surface area contributed by atoms with E-state index in [-0.39, 0.29) is 57.8 Å². The lowest BCUT2D eigenvalue weighted by Crippen LogP contribution is -2.81. The molecule has 0 amide bonds. The SMILES string of the molecule is C[C@@H]1CCNC2NC=C([C@H]3C=C4Cc5[nH]ccc5C#CC[C@]5(O)[C@H](O)[C@@H](O)[C@@]4(Oc4cc6oc(-c7cc(O)c(O)c(CCO)c7)cc(=O)c6c(O)c43)O[C@@]53CC#C[C@]4(C(=O)O)O[C@](C[C@H](CO)CC(=O)CO)(OC3=O)[C@H](O)[C@@H](O)C4(O)O)C=C21. The third-order valence-electron chi connectivity index (χ3n) is 17.2. The highest BCUT2D eigenvalue weighted by Gasteiger charge is 2.78. The first-order valence-electron chi connectivity index (χ1n) is 26.8. The number of esters is 1. The van der Waals surface area contributed by atoms with Crippen LogP contribution in [0.5, 0.6) is 23.0 Å². The average molecular weight is 1170 g/mol. The van der Waals surface area contributed by atoms with Crippen molar-refractivity contribution in [2.24, 2.45) is 11.8 Å². The molecule has 4 aromatic rings. The Balaban J connectivity index is 1.20. The van der Waals surface area contributed by atoms with Gasteiger partial charge in [-0.3, -0.25) is 14.9 Å². The summed E-state index contributed by atoms with van der Waals surface area (Å²) in [5.74, 6) is -11.7. The van der Waals surface area contributed by atoms with Crippen LogP contribution >= 0.6 is 0 Å². The van der Waals surface area contributed by atoms with E-state index in [1.54, 1.807) is 12.3 Å². The van der Waals surface area contributed by atoms with Crippen molar-refractivity contribution in [2.75, 3.05) is 26.4 Å². The summed E-state index contributed by atoms with van der Waals surface area (Å²) in [7, 11) is 0. The van der Waals surface area contributed by atoms with E-state index in [1.807, 2.05) is 18.9 Å². The number of benzene rings is 2. The van der Waals surface area contributed by atoms with Crippen molar-refractivity contribution in [3.8, 4) is 58.0 Å². The molecule has 2 aromatic carbocycles. The van der Waals surface area contributed by atoms with Crippen LogP contribution in [0.2, 0.25) is 0 Å². The maximum Gasteiger partial charge on any atom is 0.354 e. The van der Waals surface area contributed by atoms with Crippen molar-refractivity contribution in [1.29, 1.82) is 0 Å². The number of fused-ring (bicyclic) bond motifs is 7. The monoisotopic (exact) mass is 1170 g/mol. The normalized spacial score (nSPS) is 33.2. The molecule has 9 heterocycles. The Morgan fingerprint density at radius 3 is 2.40 bits per heavy atom. The highest BCUT2D eigenvalue weighted by Crippen LogP contribution is 2.58. The third kappa shape index (κ3) is 8.71. The Kier molecular flexibility index (Phi) is 14.4. The van der Waals surface area contributed by atoms with E-state index >= 15 is 4.79 Å². The van der Waals surface area contributed by atoms with Crippen molar-refractivity contribution in [3.63, 3.8) is 0 Å². The fourth-order valence-corrected chi connectivity index (χ4v) is 12.6.